The number of likely N-dealkylation sites (N-methyl/N-ethyl adjacent to an activating group) is 1. The van der Waals surface area contributed by atoms with E-state index in [1.807, 2.05) is 48.7 Å². The number of thioether (sulfide) groups is 1. The molecule has 41 heavy (non-hydrogen) atoms. The second-order valence-corrected chi connectivity index (χ2v) is 13.3. The minimum Gasteiger partial charge on any atom is -0.302 e. The molecule has 0 atom stereocenters. The quantitative estimate of drug-likeness (QED) is 0.185. The van der Waals surface area contributed by atoms with Gasteiger partial charge in [-0.15, -0.1) is 24.2 Å². The molecule has 0 radical (unpaired) electrons. The lowest BCUT2D eigenvalue weighted by molar-refractivity contribution is 0.0983. The summed E-state index contributed by atoms with van der Waals surface area (Å²) in [6, 6.07) is 20.1. The fourth-order valence-electron chi connectivity index (χ4n) is 5.06. The van der Waals surface area contributed by atoms with E-state index in [1.165, 1.54) is 15.6 Å². The number of carbonyl (C=O) groups is 1. The third-order valence-corrected chi connectivity index (χ3v) is 11.0. The molecule has 11 heteroatoms. The van der Waals surface area contributed by atoms with Gasteiger partial charge in [0.05, 0.1) is 20.8 Å². The summed E-state index contributed by atoms with van der Waals surface area (Å²) in [6.07, 6.45) is 3.66. The third kappa shape index (κ3) is 6.41. The van der Waals surface area contributed by atoms with E-state index in [9.17, 15) is 13.2 Å². The molecule has 3 aromatic carbocycles. The first-order chi connectivity index (χ1) is 19.4. The van der Waals surface area contributed by atoms with Crippen LogP contribution in [-0.2, 0) is 16.4 Å². The summed E-state index contributed by atoms with van der Waals surface area (Å²) < 4.78 is 29.7. The molecule has 4 aromatic rings. The van der Waals surface area contributed by atoms with Gasteiger partial charge in [0.2, 0.25) is 0 Å². The van der Waals surface area contributed by atoms with Crippen LogP contribution in [0.1, 0.15) is 36.2 Å². The molecule has 1 aliphatic rings. The van der Waals surface area contributed by atoms with Crippen molar-refractivity contribution in [1.29, 1.82) is 0 Å². The van der Waals surface area contributed by atoms with Gasteiger partial charge in [0, 0.05) is 30.1 Å². The fraction of sp³-hybridized carbons (Fsp3) is 0.333. The van der Waals surface area contributed by atoms with Gasteiger partial charge in [-0.25, -0.2) is 13.4 Å². The van der Waals surface area contributed by atoms with E-state index in [2.05, 4.69) is 18.7 Å². The van der Waals surface area contributed by atoms with Crippen molar-refractivity contribution in [3.05, 3.63) is 77.9 Å². The molecule has 1 amide bonds. The molecule has 0 bridgehead atoms. The Hall–Kier alpha value is -2.63. The number of thiazole rings is 1. The molecule has 0 saturated carbocycles. The number of fused-ring (bicyclic) bond motifs is 2. The zero-order valence-corrected chi connectivity index (χ0v) is 26.7. The van der Waals surface area contributed by atoms with Gasteiger partial charge in [-0.2, -0.15) is 0 Å². The van der Waals surface area contributed by atoms with Crippen LogP contribution in [0.25, 0.3) is 10.2 Å². The van der Waals surface area contributed by atoms with Crippen LogP contribution in [0, 0.1) is 0 Å². The van der Waals surface area contributed by atoms with Crippen molar-refractivity contribution in [1.82, 2.24) is 9.88 Å². The number of hydrogen-bond donors (Lipinski definition) is 0. The van der Waals surface area contributed by atoms with E-state index in [4.69, 9.17) is 4.98 Å². The Kier molecular flexibility index (Phi) is 10.4. The van der Waals surface area contributed by atoms with Crippen molar-refractivity contribution in [2.75, 3.05) is 48.2 Å². The second kappa shape index (κ2) is 13.6. The monoisotopic (exact) mass is 630 g/mol. The number of hydrogen-bond acceptors (Lipinski definition) is 7. The number of sulfonamides is 1. The Bertz CT molecular complexity index is 1610. The molecule has 0 aliphatic carbocycles. The number of rotatable bonds is 10. The fourth-order valence-corrected chi connectivity index (χ4v) is 8.24. The number of anilines is 2. The lowest BCUT2D eigenvalue weighted by Gasteiger charge is -2.30. The standard InChI is InChI=1S/C30H34N4O3S3.ClH/c1-4-32(5-2)20-21-33(30-31-28-26(38-3)13-8-14-27(28)39-30)29(35)23-15-17-24(18-16-23)40(36,37)34-19-9-11-22-10-6-7-12-25(22)34;/h6-8,10,12-18H,4-5,9,11,19-21H2,1-3H3;1H. The van der Waals surface area contributed by atoms with Crippen LogP contribution in [0.4, 0.5) is 10.8 Å². The van der Waals surface area contributed by atoms with Gasteiger partial charge in [-0.05, 0) is 80.2 Å². The first-order valence-corrected chi connectivity index (χ1v) is 17.0. The molecule has 7 nitrogen and oxygen atoms in total. The smallest absolute Gasteiger partial charge is 0.264 e. The van der Waals surface area contributed by atoms with Crippen molar-refractivity contribution in [2.45, 2.75) is 36.5 Å². The average Bonchev–Trinajstić information content (AvgIpc) is 3.43. The number of aryl methyl sites for hydroxylation is 1. The van der Waals surface area contributed by atoms with E-state index in [-0.39, 0.29) is 23.2 Å². The van der Waals surface area contributed by atoms with Crippen LogP contribution in [0.2, 0.25) is 0 Å². The van der Waals surface area contributed by atoms with E-state index < -0.39 is 10.0 Å². The Morgan fingerprint density at radius 3 is 2.44 bits per heavy atom. The molecule has 0 saturated heterocycles. The number of amides is 1. The molecule has 1 aliphatic heterocycles. The molecule has 0 unspecified atom stereocenters. The number of nitrogens with zero attached hydrogens (tertiary/aromatic N) is 4. The molecule has 218 valence electrons. The lowest BCUT2D eigenvalue weighted by Crippen LogP contribution is -2.39. The number of carbonyl (C=O) groups excluding carboxylic acids is 1. The summed E-state index contributed by atoms with van der Waals surface area (Å²) in [6.45, 7) is 7.64. The molecular formula is C30H35ClN4O3S3. The highest BCUT2D eigenvalue weighted by molar-refractivity contribution is 7.98. The summed E-state index contributed by atoms with van der Waals surface area (Å²) in [4.78, 5) is 24.0. The Balaban J connectivity index is 0.00000387. The average molecular weight is 631 g/mol. The Labute approximate surface area is 257 Å². The highest BCUT2D eigenvalue weighted by Crippen LogP contribution is 2.35. The SMILES string of the molecule is CCN(CC)CCN(C(=O)c1ccc(S(=O)(=O)N2CCCc3ccccc32)cc1)c1nc2c(SC)cccc2s1.Cl. The first-order valence-electron chi connectivity index (χ1n) is 13.6. The van der Waals surface area contributed by atoms with Crippen LogP contribution in [0.5, 0.6) is 0 Å². The minimum atomic E-state index is -3.75. The predicted octanol–water partition coefficient (Wildman–Crippen LogP) is 6.57. The summed E-state index contributed by atoms with van der Waals surface area (Å²) in [5.41, 5.74) is 3.10. The van der Waals surface area contributed by atoms with Crippen LogP contribution in [0.3, 0.4) is 0 Å². The van der Waals surface area contributed by atoms with Crippen LogP contribution in [0.15, 0.2) is 76.5 Å². The van der Waals surface area contributed by atoms with Crippen molar-refractivity contribution >= 4 is 72.5 Å². The van der Waals surface area contributed by atoms with Crippen LogP contribution in [-0.4, -0.2) is 63.2 Å². The second-order valence-electron chi connectivity index (χ2n) is 9.62. The Morgan fingerprint density at radius 2 is 1.73 bits per heavy atom. The number of aromatic nitrogens is 1. The van der Waals surface area contributed by atoms with E-state index in [1.54, 1.807) is 40.9 Å². The molecular weight excluding hydrogens is 596 g/mol. The zero-order valence-electron chi connectivity index (χ0n) is 23.4. The van der Waals surface area contributed by atoms with E-state index in [0.717, 1.165) is 52.3 Å². The number of benzene rings is 3. The van der Waals surface area contributed by atoms with Crippen molar-refractivity contribution < 1.29 is 13.2 Å². The van der Waals surface area contributed by atoms with Crippen molar-refractivity contribution in [3.63, 3.8) is 0 Å². The maximum Gasteiger partial charge on any atom is 0.264 e. The van der Waals surface area contributed by atoms with E-state index in [0.29, 0.717) is 30.3 Å². The highest BCUT2D eigenvalue weighted by Gasteiger charge is 2.29. The molecule has 2 heterocycles. The molecule has 0 fully saturated rings. The largest absolute Gasteiger partial charge is 0.302 e. The minimum absolute atomic E-state index is 0. The molecule has 0 spiro atoms. The normalized spacial score (nSPS) is 13.2. The van der Waals surface area contributed by atoms with Gasteiger partial charge in [-0.3, -0.25) is 14.0 Å². The topological polar surface area (TPSA) is 73.8 Å². The molecule has 0 N–H and O–H groups in total. The van der Waals surface area contributed by atoms with Gasteiger partial charge in [0.1, 0.15) is 0 Å². The highest BCUT2D eigenvalue weighted by atomic mass is 35.5. The third-order valence-electron chi connectivity index (χ3n) is 7.36. The number of para-hydroxylation sites is 2. The van der Waals surface area contributed by atoms with Crippen molar-refractivity contribution in [2.24, 2.45) is 0 Å². The Morgan fingerprint density at radius 1 is 1.00 bits per heavy atom. The van der Waals surface area contributed by atoms with Gasteiger partial charge in [0.25, 0.3) is 15.9 Å². The maximum absolute atomic E-state index is 13.9. The molecule has 1 aromatic heterocycles. The summed E-state index contributed by atoms with van der Waals surface area (Å²) >= 11 is 3.14. The molecule has 5 rings (SSSR count). The van der Waals surface area contributed by atoms with Gasteiger partial charge in [0.15, 0.2) is 5.13 Å². The van der Waals surface area contributed by atoms with E-state index >= 15 is 0 Å². The van der Waals surface area contributed by atoms with Crippen LogP contribution >= 0.6 is 35.5 Å². The van der Waals surface area contributed by atoms with Crippen molar-refractivity contribution in [3.8, 4) is 0 Å². The number of halogens is 1. The summed E-state index contributed by atoms with van der Waals surface area (Å²) in [7, 11) is -3.75. The van der Waals surface area contributed by atoms with Gasteiger partial charge >= 0.3 is 0 Å². The predicted molar refractivity (Wildman–Crippen MR) is 174 cm³/mol. The lowest BCUT2D eigenvalue weighted by atomic mass is 10.0. The van der Waals surface area contributed by atoms with Crippen LogP contribution < -0.4 is 9.21 Å². The zero-order chi connectivity index (χ0) is 28.3. The maximum atomic E-state index is 13.9. The summed E-state index contributed by atoms with van der Waals surface area (Å²) in [5, 5.41) is 0.648. The van der Waals surface area contributed by atoms with Gasteiger partial charge < -0.3 is 4.90 Å². The van der Waals surface area contributed by atoms with Gasteiger partial charge in [-0.1, -0.05) is 49.4 Å². The summed E-state index contributed by atoms with van der Waals surface area (Å²) in [5.74, 6) is -0.191. The first kappa shape index (κ1) is 31.3.